The van der Waals surface area contributed by atoms with Gasteiger partial charge in [-0.3, -0.25) is 4.79 Å². The summed E-state index contributed by atoms with van der Waals surface area (Å²) >= 11 is 0. The second kappa shape index (κ2) is 18.6. The molecule has 28 heavy (non-hydrogen) atoms. The highest BCUT2D eigenvalue weighted by molar-refractivity contribution is 5.75. The van der Waals surface area contributed by atoms with E-state index in [1.165, 1.54) is 25.7 Å². The van der Waals surface area contributed by atoms with Gasteiger partial charge in [-0.1, -0.05) is 68.4 Å². The van der Waals surface area contributed by atoms with Crippen LogP contribution in [-0.4, -0.2) is 18.6 Å². The molecule has 0 saturated carbocycles. The molecule has 2 nitrogen and oxygen atoms in total. The summed E-state index contributed by atoms with van der Waals surface area (Å²) in [7, 11) is 0. The fourth-order valence-electron chi connectivity index (χ4n) is 2.37. The lowest BCUT2D eigenvalue weighted by molar-refractivity contribution is -0.135. The number of rotatable bonds is 16. The third-order valence-corrected chi connectivity index (χ3v) is 3.96. The van der Waals surface area contributed by atoms with E-state index >= 15 is 0 Å². The number of hydrogen-bond acceptors (Lipinski definition) is 1. The lowest BCUT2D eigenvalue weighted by atomic mass is 10.2. The van der Waals surface area contributed by atoms with Crippen LogP contribution < -0.4 is 5.32 Å². The van der Waals surface area contributed by atoms with E-state index in [2.05, 4.69) is 48.7 Å². The minimum Gasteiger partial charge on any atom is -0.356 e. The number of unbranched alkanes of at least 4 members (excludes halogenated alkanes) is 4. The van der Waals surface area contributed by atoms with Crippen LogP contribution in [0.3, 0.4) is 0 Å². The summed E-state index contributed by atoms with van der Waals surface area (Å²) < 4.78 is 35.9. The molecule has 1 amide bonds. The van der Waals surface area contributed by atoms with Crippen molar-refractivity contribution in [3.63, 3.8) is 0 Å². The molecule has 0 saturated heterocycles. The third kappa shape index (κ3) is 22.3. The smallest absolute Gasteiger partial charge is 0.356 e. The van der Waals surface area contributed by atoms with Crippen LogP contribution in [0.4, 0.5) is 13.2 Å². The molecule has 0 aromatic carbocycles. The predicted molar refractivity (Wildman–Crippen MR) is 112 cm³/mol. The van der Waals surface area contributed by atoms with Crippen molar-refractivity contribution in [2.75, 3.05) is 6.54 Å². The second-order valence-corrected chi connectivity index (χ2v) is 6.70. The van der Waals surface area contributed by atoms with E-state index in [0.29, 0.717) is 6.42 Å². The van der Waals surface area contributed by atoms with Gasteiger partial charge in [-0.05, 0) is 44.9 Å². The standard InChI is InChI=1S/C23H36F3NO/c1-2-3-4-5-6-7-8-9-10-11-12-13-14-15-16-17-18-19-22(28)27-21-20-23(24,25)26/h6-7,9-10,12-13,15-16H,2-5,8,11,14,17-21H2,1H3,(H,27,28)/b7-6-,10-9-,13-12-,16-15-. The van der Waals surface area contributed by atoms with Crippen LogP contribution in [0.5, 0.6) is 0 Å². The molecule has 5 heteroatoms. The zero-order chi connectivity index (χ0) is 20.9. The van der Waals surface area contributed by atoms with Gasteiger partial charge in [-0.25, -0.2) is 0 Å². The van der Waals surface area contributed by atoms with E-state index in [9.17, 15) is 18.0 Å². The van der Waals surface area contributed by atoms with Crippen LogP contribution in [0.15, 0.2) is 48.6 Å². The van der Waals surface area contributed by atoms with E-state index in [0.717, 1.165) is 25.7 Å². The fourth-order valence-corrected chi connectivity index (χ4v) is 2.37. The summed E-state index contributed by atoms with van der Waals surface area (Å²) in [6.45, 7) is 1.87. The first-order valence-corrected chi connectivity index (χ1v) is 10.4. The zero-order valence-electron chi connectivity index (χ0n) is 17.1. The van der Waals surface area contributed by atoms with E-state index in [1.807, 2.05) is 12.2 Å². The molecule has 0 atom stereocenters. The Bertz CT molecular complexity index is 491. The van der Waals surface area contributed by atoms with Crippen LogP contribution in [0.1, 0.15) is 77.6 Å². The molecule has 0 fully saturated rings. The molecule has 0 aromatic heterocycles. The summed E-state index contributed by atoms with van der Waals surface area (Å²) in [4.78, 5) is 11.4. The van der Waals surface area contributed by atoms with Crippen LogP contribution in [0, 0.1) is 0 Å². The monoisotopic (exact) mass is 399 g/mol. The lowest BCUT2D eigenvalue weighted by Gasteiger charge is -2.07. The minimum atomic E-state index is -4.22. The quantitative estimate of drug-likeness (QED) is 0.216. The Hall–Kier alpha value is -1.78. The van der Waals surface area contributed by atoms with Gasteiger partial charge in [0.15, 0.2) is 0 Å². The number of nitrogens with one attached hydrogen (secondary N) is 1. The van der Waals surface area contributed by atoms with Gasteiger partial charge in [0.2, 0.25) is 5.91 Å². The Kier molecular flexibility index (Phi) is 17.4. The highest BCUT2D eigenvalue weighted by Crippen LogP contribution is 2.18. The first-order chi connectivity index (χ1) is 13.5. The number of amides is 1. The van der Waals surface area contributed by atoms with Gasteiger partial charge in [0.25, 0.3) is 0 Å². The zero-order valence-corrected chi connectivity index (χ0v) is 17.1. The molecule has 0 aromatic rings. The van der Waals surface area contributed by atoms with Gasteiger partial charge in [0, 0.05) is 13.0 Å². The van der Waals surface area contributed by atoms with E-state index < -0.39 is 12.6 Å². The Morgan fingerprint density at radius 3 is 1.79 bits per heavy atom. The van der Waals surface area contributed by atoms with Crippen molar-refractivity contribution in [3.05, 3.63) is 48.6 Å². The Morgan fingerprint density at radius 1 is 0.786 bits per heavy atom. The van der Waals surface area contributed by atoms with Gasteiger partial charge >= 0.3 is 6.18 Å². The van der Waals surface area contributed by atoms with Gasteiger partial charge in [0.05, 0.1) is 6.42 Å². The molecule has 0 radical (unpaired) electrons. The first kappa shape index (κ1) is 26.2. The van der Waals surface area contributed by atoms with E-state index in [-0.39, 0.29) is 18.9 Å². The summed E-state index contributed by atoms with van der Waals surface area (Å²) in [5, 5.41) is 2.29. The second-order valence-electron chi connectivity index (χ2n) is 6.70. The molecule has 0 aliphatic rings. The Morgan fingerprint density at radius 2 is 1.29 bits per heavy atom. The average Bonchev–Trinajstić information content (AvgIpc) is 2.63. The number of halogens is 3. The normalized spacial score (nSPS) is 12.9. The van der Waals surface area contributed by atoms with E-state index in [1.54, 1.807) is 0 Å². The molecular weight excluding hydrogens is 363 g/mol. The molecule has 0 rings (SSSR count). The fraction of sp³-hybridized carbons (Fsp3) is 0.609. The van der Waals surface area contributed by atoms with Crippen LogP contribution >= 0.6 is 0 Å². The molecule has 0 unspecified atom stereocenters. The van der Waals surface area contributed by atoms with Crippen molar-refractivity contribution in [3.8, 4) is 0 Å². The van der Waals surface area contributed by atoms with Crippen LogP contribution in [-0.2, 0) is 4.79 Å². The Labute approximate surface area is 168 Å². The summed E-state index contributed by atoms with van der Waals surface area (Å²) in [5.41, 5.74) is 0. The number of allylic oxidation sites excluding steroid dienone is 8. The maximum Gasteiger partial charge on any atom is 0.390 e. The SMILES string of the molecule is CCCCC/C=C\C/C=C\C/C=C\C/C=C\CCCC(=O)NCCC(F)(F)F. The van der Waals surface area contributed by atoms with Crippen molar-refractivity contribution in [1.29, 1.82) is 0 Å². The molecule has 0 aliphatic heterocycles. The van der Waals surface area contributed by atoms with Gasteiger partial charge in [0.1, 0.15) is 0 Å². The summed E-state index contributed by atoms with van der Waals surface area (Å²) in [6, 6.07) is 0. The molecule has 0 spiro atoms. The van der Waals surface area contributed by atoms with Gasteiger partial charge < -0.3 is 5.32 Å². The predicted octanol–water partition coefficient (Wildman–Crippen LogP) is 7.20. The highest BCUT2D eigenvalue weighted by atomic mass is 19.4. The van der Waals surface area contributed by atoms with Crippen molar-refractivity contribution in [1.82, 2.24) is 5.32 Å². The number of hydrogen-bond donors (Lipinski definition) is 1. The maximum atomic E-state index is 12.0. The van der Waals surface area contributed by atoms with Crippen LogP contribution in [0.25, 0.3) is 0 Å². The van der Waals surface area contributed by atoms with Crippen molar-refractivity contribution in [2.45, 2.75) is 83.7 Å². The van der Waals surface area contributed by atoms with Crippen molar-refractivity contribution < 1.29 is 18.0 Å². The molecule has 0 heterocycles. The highest BCUT2D eigenvalue weighted by Gasteiger charge is 2.26. The lowest BCUT2D eigenvalue weighted by Crippen LogP contribution is -2.27. The molecular formula is C23H36F3NO. The van der Waals surface area contributed by atoms with Crippen LogP contribution in [0.2, 0.25) is 0 Å². The van der Waals surface area contributed by atoms with Crippen molar-refractivity contribution in [2.24, 2.45) is 0 Å². The van der Waals surface area contributed by atoms with Gasteiger partial charge in [-0.15, -0.1) is 0 Å². The number of alkyl halides is 3. The maximum absolute atomic E-state index is 12.0. The molecule has 0 aliphatic carbocycles. The number of carbonyl (C=O) groups excluding carboxylic acids is 1. The Balaban J connectivity index is 3.51. The van der Waals surface area contributed by atoms with E-state index in [4.69, 9.17) is 0 Å². The summed E-state index contributed by atoms with van der Waals surface area (Å²) in [6.07, 6.45) is 21.3. The largest absolute Gasteiger partial charge is 0.390 e. The topological polar surface area (TPSA) is 29.1 Å². The molecule has 1 N–H and O–H groups in total. The minimum absolute atomic E-state index is 0.260. The first-order valence-electron chi connectivity index (χ1n) is 10.4. The molecule has 0 bridgehead atoms. The van der Waals surface area contributed by atoms with Gasteiger partial charge in [-0.2, -0.15) is 13.2 Å². The average molecular weight is 400 g/mol. The third-order valence-electron chi connectivity index (χ3n) is 3.96. The summed E-state index contributed by atoms with van der Waals surface area (Å²) in [5.74, 6) is -0.319. The van der Waals surface area contributed by atoms with Crippen molar-refractivity contribution >= 4 is 5.91 Å². The number of carbonyl (C=O) groups is 1. The molecule has 160 valence electrons.